The van der Waals surface area contributed by atoms with Crippen molar-refractivity contribution in [1.82, 2.24) is 25.1 Å². The minimum atomic E-state index is -0.787. The van der Waals surface area contributed by atoms with Gasteiger partial charge in [0, 0.05) is 50.9 Å². The van der Waals surface area contributed by atoms with Gasteiger partial charge in [0.1, 0.15) is 17.6 Å². The Hall–Kier alpha value is -4.22. The number of aromatic nitrogens is 2. The number of nitrogens with zero attached hydrogens (tertiary/aromatic N) is 5. The van der Waals surface area contributed by atoms with Gasteiger partial charge >= 0.3 is 12.1 Å². The molecule has 3 fully saturated rings. The lowest BCUT2D eigenvalue weighted by atomic mass is 10.0. The highest BCUT2D eigenvalue weighted by Crippen LogP contribution is 2.52. The molecule has 2 aromatic rings. The van der Waals surface area contributed by atoms with Crippen LogP contribution < -0.4 is 10.2 Å². The summed E-state index contributed by atoms with van der Waals surface area (Å²) in [5, 5.41) is 12.3. The zero-order chi connectivity index (χ0) is 30.7. The van der Waals surface area contributed by atoms with Crippen molar-refractivity contribution in [3.05, 3.63) is 42.1 Å². The van der Waals surface area contributed by atoms with Gasteiger partial charge in [-0.25, -0.2) is 14.8 Å². The molecule has 1 aromatic carbocycles. The molecule has 1 saturated carbocycles. The lowest BCUT2D eigenvalue weighted by Crippen LogP contribution is -2.57. The summed E-state index contributed by atoms with van der Waals surface area (Å²) in [6.45, 7) is 8.71. The zero-order valence-corrected chi connectivity index (χ0v) is 24.9. The summed E-state index contributed by atoms with van der Waals surface area (Å²) in [5.41, 5.74) is 0.881. The molecule has 2 unspecified atom stereocenters. The van der Waals surface area contributed by atoms with E-state index in [1.54, 1.807) is 15.9 Å². The number of aliphatic carboxylic acids is 1. The van der Waals surface area contributed by atoms with Crippen LogP contribution in [0.15, 0.2) is 36.4 Å². The van der Waals surface area contributed by atoms with Gasteiger partial charge in [0.15, 0.2) is 5.82 Å². The van der Waals surface area contributed by atoms with Crippen molar-refractivity contribution in [2.45, 2.75) is 39.7 Å². The van der Waals surface area contributed by atoms with Crippen LogP contribution >= 0.6 is 0 Å². The van der Waals surface area contributed by atoms with Crippen LogP contribution in [0.1, 0.15) is 44.1 Å². The second-order valence-electron chi connectivity index (χ2n) is 11.9. The quantitative estimate of drug-likeness (QED) is 0.398. The van der Waals surface area contributed by atoms with Crippen molar-refractivity contribution in [2.24, 2.45) is 23.7 Å². The van der Waals surface area contributed by atoms with Crippen LogP contribution in [0.4, 0.5) is 10.6 Å². The SMILES string of the molecule is CCCCOC(=O)N1CCN(C(=O)[C@@H](NC(=O)c2cc(N3CC4C(C3)C4C(=O)O)nc(-c3ccccc3)n2)C(C)C)CC1. The van der Waals surface area contributed by atoms with E-state index in [2.05, 4.69) is 10.3 Å². The fraction of sp³-hybridized carbons (Fsp3) is 0.548. The first kappa shape index (κ1) is 30.2. The molecule has 5 rings (SSSR count). The Balaban J connectivity index is 1.28. The van der Waals surface area contributed by atoms with Gasteiger partial charge in [-0.15, -0.1) is 0 Å². The van der Waals surface area contributed by atoms with E-state index in [-0.39, 0.29) is 41.4 Å². The third kappa shape index (κ3) is 6.73. The molecule has 3 atom stereocenters. The molecule has 43 heavy (non-hydrogen) atoms. The van der Waals surface area contributed by atoms with Gasteiger partial charge in [0.2, 0.25) is 5.91 Å². The molecule has 2 N–H and O–H groups in total. The number of nitrogens with one attached hydrogen (secondary N) is 1. The number of ether oxygens (including phenoxy) is 1. The number of carboxylic acid groups (broad SMARTS) is 1. The van der Waals surface area contributed by atoms with Gasteiger partial charge in [-0.2, -0.15) is 0 Å². The number of amides is 3. The Morgan fingerprint density at radius 3 is 2.26 bits per heavy atom. The normalized spacial score (nSPS) is 21.8. The minimum absolute atomic E-state index is 0.0755. The smallest absolute Gasteiger partial charge is 0.409 e. The Labute approximate surface area is 251 Å². The van der Waals surface area contributed by atoms with Crippen LogP contribution in [-0.2, 0) is 14.3 Å². The summed E-state index contributed by atoms with van der Waals surface area (Å²) in [4.78, 5) is 65.6. The van der Waals surface area contributed by atoms with E-state index in [1.165, 1.54) is 0 Å². The average Bonchev–Trinajstić information content (AvgIpc) is 3.53. The fourth-order valence-electron chi connectivity index (χ4n) is 5.94. The molecule has 2 aliphatic heterocycles. The molecule has 2 saturated heterocycles. The first-order chi connectivity index (χ1) is 20.7. The standard InChI is InChI=1S/C31H40N6O6/c1-4-5-15-43-31(42)36-13-11-35(12-14-36)29(39)26(19(2)3)34-28(38)23-16-24(33-27(32-23)20-9-7-6-8-10-20)37-17-21-22(18-37)25(21)30(40)41/h6-10,16,19,21-22,25-26H,4-5,11-15,17-18H2,1-3H3,(H,34,38)(H,40,41)/t21?,22?,25?,26-/m0/s1. The van der Waals surface area contributed by atoms with Crippen LogP contribution in [0, 0.1) is 23.7 Å². The summed E-state index contributed by atoms with van der Waals surface area (Å²) < 4.78 is 5.30. The highest BCUT2D eigenvalue weighted by molar-refractivity contribution is 5.97. The number of anilines is 1. The van der Waals surface area contributed by atoms with E-state index in [9.17, 15) is 24.3 Å². The first-order valence-corrected chi connectivity index (χ1v) is 15.1. The number of carbonyl (C=O) groups is 4. The van der Waals surface area contributed by atoms with Crippen molar-refractivity contribution < 1.29 is 29.0 Å². The Morgan fingerprint density at radius 2 is 1.65 bits per heavy atom. The average molecular weight is 593 g/mol. The monoisotopic (exact) mass is 592 g/mol. The molecule has 1 aromatic heterocycles. The molecule has 0 bridgehead atoms. The molecule has 12 heteroatoms. The lowest BCUT2D eigenvalue weighted by molar-refractivity contribution is -0.139. The van der Waals surface area contributed by atoms with Crippen LogP contribution in [-0.4, -0.2) is 101 Å². The summed E-state index contributed by atoms with van der Waals surface area (Å²) in [6.07, 6.45) is 1.39. The third-order valence-corrected chi connectivity index (χ3v) is 8.57. The molecular formula is C31H40N6O6. The summed E-state index contributed by atoms with van der Waals surface area (Å²) in [6, 6.07) is 10.2. The van der Waals surface area contributed by atoms with E-state index in [4.69, 9.17) is 9.72 Å². The number of hydrogen-bond acceptors (Lipinski definition) is 8. The molecular weight excluding hydrogens is 552 g/mol. The van der Waals surface area contributed by atoms with Crippen LogP contribution in [0.25, 0.3) is 11.4 Å². The second kappa shape index (κ2) is 13.0. The van der Waals surface area contributed by atoms with Gasteiger partial charge in [-0.05, 0) is 24.2 Å². The topological polar surface area (TPSA) is 145 Å². The van der Waals surface area contributed by atoms with Gasteiger partial charge in [-0.3, -0.25) is 14.4 Å². The molecule has 1 aliphatic carbocycles. The maximum atomic E-state index is 13.6. The number of carboxylic acids is 1. The number of piperazine rings is 1. The number of piperidine rings is 1. The number of fused-ring (bicyclic) bond motifs is 1. The fourth-order valence-corrected chi connectivity index (χ4v) is 5.94. The predicted octanol–water partition coefficient (Wildman–Crippen LogP) is 2.75. The van der Waals surface area contributed by atoms with E-state index < -0.39 is 17.9 Å². The maximum absolute atomic E-state index is 13.6. The van der Waals surface area contributed by atoms with E-state index >= 15 is 0 Å². The first-order valence-electron chi connectivity index (χ1n) is 15.1. The molecule has 12 nitrogen and oxygen atoms in total. The van der Waals surface area contributed by atoms with Gasteiger partial charge < -0.3 is 29.9 Å². The minimum Gasteiger partial charge on any atom is -0.481 e. The van der Waals surface area contributed by atoms with Crippen LogP contribution in [0.2, 0.25) is 0 Å². The van der Waals surface area contributed by atoms with Crippen molar-refractivity contribution in [3.8, 4) is 11.4 Å². The maximum Gasteiger partial charge on any atom is 0.409 e. The van der Waals surface area contributed by atoms with Crippen molar-refractivity contribution >= 4 is 29.7 Å². The third-order valence-electron chi connectivity index (χ3n) is 8.57. The number of carbonyl (C=O) groups excluding carboxylic acids is 3. The van der Waals surface area contributed by atoms with Crippen molar-refractivity contribution in [1.29, 1.82) is 0 Å². The molecule has 0 radical (unpaired) electrons. The van der Waals surface area contributed by atoms with Crippen LogP contribution in [0.3, 0.4) is 0 Å². The number of hydrogen-bond donors (Lipinski definition) is 2. The molecule has 230 valence electrons. The van der Waals surface area contributed by atoms with Gasteiger partial charge in [0.25, 0.3) is 5.91 Å². The number of rotatable bonds is 10. The van der Waals surface area contributed by atoms with E-state index in [0.29, 0.717) is 57.5 Å². The number of benzene rings is 1. The van der Waals surface area contributed by atoms with Gasteiger partial charge in [-0.1, -0.05) is 57.5 Å². The van der Waals surface area contributed by atoms with Crippen molar-refractivity contribution in [2.75, 3.05) is 50.8 Å². The van der Waals surface area contributed by atoms with Gasteiger partial charge in [0.05, 0.1) is 12.5 Å². The lowest BCUT2D eigenvalue weighted by Gasteiger charge is -2.36. The zero-order valence-electron chi connectivity index (χ0n) is 24.9. The highest BCUT2D eigenvalue weighted by atomic mass is 16.6. The molecule has 0 spiro atoms. The molecule has 3 amide bonds. The van der Waals surface area contributed by atoms with Crippen LogP contribution in [0.5, 0.6) is 0 Å². The Bertz CT molecular complexity index is 1330. The largest absolute Gasteiger partial charge is 0.481 e. The highest BCUT2D eigenvalue weighted by Gasteiger charge is 2.60. The molecule has 3 aliphatic rings. The summed E-state index contributed by atoms with van der Waals surface area (Å²) >= 11 is 0. The Kier molecular flexibility index (Phi) is 9.12. The Morgan fingerprint density at radius 1 is 1.00 bits per heavy atom. The predicted molar refractivity (Wildman–Crippen MR) is 158 cm³/mol. The summed E-state index contributed by atoms with van der Waals surface area (Å²) in [7, 11) is 0. The van der Waals surface area contributed by atoms with E-state index in [0.717, 1.165) is 18.4 Å². The van der Waals surface area contributed by atoms with E-state index in [1.807, 2.05) is 56.0 Å². The molecule has 3 heterocycles. The summed E-state index contributed by atoms with van der Waals surface area (Å²) in [5.74, 6) is -0.878. The van der Waals surface area contributed by atoms with Crippen molar-refractivity contribution in [3.63, 3.8) is 0 Å². The number of unbranched alkanes of at least 4 members (excludes halogenated alkanes) is 1. The second-order valence-corrected chi connectivity index (χ2v) is 11.9.